The van der Waals surface area contributed by atoms with Crippen molar-refractivity contribution in [1.29, 1.82) is 0 Å². The highest BCUT2D eigenvalue weighted by molar-refractivity contribution is 6.36. The minimum atomic E-state index is -0.421. The fraction of sp³-hybridized carbons (Fsp3) is 0.750. The molecule has 7 nitrogen and oxygen atoms in total. The van der Waals surface area contributed by atoms with E-state index in [1.807, 2.05) is 4.90 Å². The number of amides is 1. The van der Waals surface area contributed by atoms with Crippen molar-refractivity contribution < 1.29 is 14.9 Å². The van der Waals surface area contributed by atoms with Crippen LogP contribution in [0.25, 0.3) is 0 Å². The molecular formula is C16H28N5O2+. The molecule has 0 aromatic carbocycles. The van der Waals surface area contributed by atoms with Gasteiger partial charge in [-0.1, -0.05) is 11.6 Å². The van der Waals surface area contributed by atoms with E-state index in [1.54, 1.807) is 0 Å². The van der Waals surface area contributed by atoms with Gasteiger partial charge >= 0.3 is 5.91 Å². The lowest BCUT2D eigenvalue weighted by Gasteiger charge is -2.23. The average molecular weight is 322 g/mol. The predicted molar refractivity (Wildman–Crippen MR) is 87.2 cm³/mol. The zero-order chi connectivity index (χ0) is 16.4. The molecule has 0 bridgehead atoms. The lowest BCUT2D eigenvalue weighted by molar-refractivity contribution is -0.506. The van der Waals surface area contributed by atoms with Crippen LogP contribution in [-0.4, -0.2) is 59.7 Å². The predicted octanol–water partition coefficient (Wildman–Crippen LogP) is -2.61. The van der Waals surface area contributed by atoms with Crippen molar-refractivity contribution in [1.82, 2.24) is 10.2 Å². The molecule has 2 heterocycles. The highest BCUT2D eigenvalue weighted by Gasteiger charge is 2.42. The van der Waals surface area contributed by atoms with Gasteiger partial charge in [-0.25, -0.2) is 4.99 Å². The highest BCUT2D eigenvalue weighted by atomic mass is 16.3. The zero-order valence-electron chi connectivity index (χ0n) is 13.5. The third kappa shape index (κ3) is 3.98. The van der Waals surface area contributed by atoms with Crippen LogP contribution in [0.15, 0.2) is 11.6 Å². The molecule has 128 valence electrons. The van der Waals surface area contributed by atoms with Gasteiger partial charge < -0.3 is 21.9 Å². The summed E-state index contributed by atoms with van der Waals surface area (Å²) in [5, 5.41) is 12.7. The molecule has 1 amide bonds. The number of carbonyl (C=O) groups excluding carboxylic acids is 1. The van der Waals surface area contributed by atoms with Crippen molar-refractivity contribution >= 4 is 11.6 Å². The van der Waals surface area contributed by atoms with Crippen molar-refractivity contribution in [3.05, 3.63) is 11.6 Å². The number of aliphatic hydroxyl groups is 1. The summed E-state index contributed by atoms with van der Waals surface area (Å²) in [5.74, 6) is 0.496. The van der Waals surface area contributed by atoms with Crippen LogP contribution < -0.4 is 21.8 Å². The maximum atomic E-state index is 12.3. The molecule has 7 heteroatoms. The number of carbonyl (C=O) groups is 1. The molecule has 0 spiro atoms. The van der Waals surface area contributed by atoms with E-state index in [2.05, 4.69) is 16.4 Å². The van der Waals surface area contributed by atoms with Crippen molar-refractivity contribution in [3.8, 4) is 0 Å². The van der Waals surface area contributed by atoms with Gasteiger partial charge in [-0.15, -0.1) is 0 Å². The van der Waals surface area contributed by atoms with Crippen molar-refractivity contribution in [3.63, 3.8) is 0 Å². The Bertz CT molecular complexity index is 517. The van der Waals surface area contributed by atoms with Gasteiger partial charge in [-0.2, -0.15) is 0 Å². The van der Waals surface area contributed by atoms with Crippen LogP contribution in [0.3, 0.4) is 0 Å². The number of rotatable bonds is 5. The minimum absolute atomic E-state index is 0.000121. The van der Waals surface area contributed by atoms with Crippen LogP contribution in [0, 0.1) is 5.92 Å². The van der Waals surface area contributed by atoms with Crippen LogP contribution in [0.5, 0.6) is 0 Å². The van der Waals surface area contributed by atoms with Crippen molar-refractivity contribution in [2.75, 3.05) is 19.6 Å². The quantitative estimate of drug-likeness (QED) is 0.281. The van der Waals surface area contributed by atoms with E-state index in [9.17, 15) is 9.90 Å². The number of nitrogens with one attached hydrogen (secondary N) is 2. The molecule has 3 unspecified atom stereocenters. The van der Waals surface area contributed by atoms with Crippen molar-refractivity contribution in [2.24, 2.45) is 17.4 Å². The van der Waals surface area contributed by atoms with Crippen LogP contribution in [-0.2, 0) is 4.79 Å². The maximum Gasteiger partial charge on any atom is 0.310 e. The molecule has 3 rings (SSSR count). The van der Waals surface area contributed by atoms with E-state index >= 15 is 0 Å². The van der Waals surface area contributed by atoms with Gasteiger partial charge in [0.2, 0.25) is 5.71 Å². The second kappa shape index (κ2) is 7.09. The van der Waals surface area contributed by atoms with E-state index in [1.165, 1.54) is 5.57 Å². The third-order valence-electron chi connectivity index (χ3n) is 5.24. The van der Waals surface area contributed by atoms with Crippen LogP contribution in [0.1, 0.15) is 32.1 Å². The Morgan fingerprint density at radius 2 is 2.30 bits per heavy atom. The molecule has 1 fully saturated rings. The van der Waals surface area contributed by atoms with E-state index in [4.69, 9.17) is 11.5 Å². The molecule has 3 aliphatic rings. The Hall–Kier alpha value is -1.28. The van der Waals surface area contributed by atoms with Crippen LogP contribution in [0.2, 0.25) is 0 Å². The summed E-state index contributed by atoms with van der Waals surface area (Å²) >= 11 is 0. The lowest BCUT2D eigenvalue weighted by atomic mass is 9.83. The molecule has 2 aliphatic heterocycles. The summed E-state index contributed by atoms with van der Waals surface area (Å²) in [6, 6.07) is 0.261. The Balaban J connectivity index is 1.41. The zero-order valence-corrected chi connectivity index (χ0v) is 13.5. The van der Waals surface area contributed by atoms with Gasteiger partial charge in [0.25, 0.3) is 0 Å². The Labute approximate surface area is 136 Å². The Kier molecular flexibility index (Phi) is 5.11. The molecule has 7 N–H and O–H groups in total. The number of nitrogens with zero attached hydrogens (tertiary/aromatic N) is 1. The SMILES string of the molecule is NC(N)N1CC=C(CCNC(=O)C2=[NH+]C3CC(O)CCC3C2)C1. The first kappa shape index (κ1) is 16.6. The van der Waals surface area contributed by atoms with E-state index in [-0.39, 0.29) is 18.1 Å². The Morgan fingerprint density at radius 1 is 1.48 bits per heavy atom. The maximum absolute atomic E-state index is 12.3. The van der Waals surface area contributed by atoms with Crippen molar-refractivity contribution in [2.45, 2.75) is 50.5 Å². The molecule has 3 atom stereocenters. The first-order valence-corrected chi connectivity index (χ1v) is 8.54. The summed E-state index contributed by atoms with van der Waals surface area (Å²) in [5.41, 5.74) is 13.4. The lowest BCUT2D eigenvalue weighted by Crippen LogP contribution is -2.79. The summed E-state index contributed by atoms with van der Waals surface area (Å²) in [6.45, 7) is 2.19. The van der Waals surface area contributed by atoms with Gasteiger partial charge in [0, 0.05) is 38.4 Å². The second-order valence-corrected chi connectivity index (χ2v) is 6.95. The largest absolute Gasteiger partial charge is 0.393 e. The van der Waals surface area contributed by atoms with Gasteiger partial charge in [0.05, 0.1) is 6.10 Å². The molecule has 0 aromatic heterocycles. The van der Waals surface area contributed by atoms with Crippen LogP contribution in [0.4, 0.5) is 0 Å². The summed E-state index contributed by atoms with van der Waals surface area (Å²) in [7, 11) is 0. The standard InChI is InChI=1S/C16H27N5O2/c17-16(18)21-6-4-10(9-21)3-5-19-15(23)14-7-11-1-2-12(22)8-13(11)20-14/h4,11-13,16,22H,1-3,5-9,17-18H2,(H,19,23)/p+1. The monoisotopic (exact) mass is 322 g/mol. The minimum Gasteiger partial charge on any atom is -0.393 e. The third-order valence-corrected chi connectivity index (χ3v) is 5.24. The number of fused-ring (bicyclic) bond motifs is 1. The summed E-state index contributed by atoms with van der Waals surface area (Å²) < 4.78 is 0. The number of hydrogen-bond acceptors (Lipinski definition) is 5. The smallest absolute Gasteiger partial charge is 0.310 e. The van der Waals surface area contributed by atoms with Gasteiger partial charge in [0.1, 0.15) is 6.29 Å². The normalized spacial score (nSPS) is 31.0. The fourth-order valence-electron chi connectivity index (χ4n) is 3.82. The Morgan fingerprint density at radius 3 is 3.04 bits per heavy atom. The van der Waals surface area contributed by atoms with Gasteiger partial charge in [-0.3, -0.25) is 9.69 Å². The van der Waals surface area contributed by atoms with Crippen LogP contribution >= 0.6 is 0 Å². The summed E-state index contributed by atoms with van der Waals surface area (Å²) in [6.07, 6.45) is 5.73. The van der Waals surface area contributed by atoms with E-state index in [0.29, 0.717) is 12.5 Å². The van der Waals surface area contributed by atoms with E-state index in [0.717, 1.165) is 50.9 Å². The number of nitrogens with two attached hydrogens (primary N) is 2. The topological polar surface area (TPSA) is 119 Å². The number of hydrogen-bond donors (Lipinski definition) is 5. The molecule has 0 radical (unpaired) electrons. The highest BCUT2D eigenvalue weighted by Crippen LogP contribution is 2.27. The number of aliphatic hydroxyl groups excluding tert-OH is 1. The fourth-order valence-corrected chi connectivity index (χ4v) is 3.82. The molecule has 23 heavy (non-hydrogen) atoms. The second-order valence-electron chi connectivity index (χ2n) is 6.95. The molecule has 0 saturated heterocycles. The first-order chi connectivity index (χ1) is 11.0. The summed E-state index contributed by atoms with van der Waals surface area (Å²) in [4.78, 5) is 17.6. The van der Waals surface area contributed by atoms with Gasteiger partial charge in [-0.05, 0) is 19.3 Å². The average Bonchev–Trinajstić information content (AvgIpc) is 3.13. The molecule has 1 aliphatic carbocycles. The van der Waals surface area contributed by atoms with E-state index < -0.39 is 6.29 Å². The van der Waals surface area contributed by atoms with Gasteiger partial charge in [0.15, 0.2) is 6.04 Å². The molecule has 1 saturated carbocycles. The molecular weight excluding hydrogens is 294 g/mol. The molecule has 0 aromatic rings. The first-order valence-electron chi connectivity index (χ1n) is 8.54.